The zero-order chi connectivity index (χ0) is 71.6. The molecule has 6 aromatic rings. The third-order valence-electron chi connectivity index (χ3n) is 15.6. The predicted molar refractivity (Wildman–Crippen MR) is 337 cm³/mol. The van der Waals surface area contributed by atoms with Crippen molar-refractivity contribution in [1.29, 1.82) is 0 Å². The molecule has 8 heterocycles. The van der Waals surface area contributed by atoms with Gasteiger partial charge in [-0.2, -0.15) is 19.8 Å². The van der Waals surface area contributed by atoms with Crippen LogP contribution in [0.4, 0.5) is 14.4 Å². The summed E-state index contributed by atoms with van der Waals surface area (Å²) in [7, 11) is 3.90. The molecular formula is C64H80N18O16. The van der Waals surface area contributed by atoms with Crippen LogP contribution in [-0.4, -0.2) is 175 Å². The number of carbonyl (C=O) groups excluding carboxylic acids is 10. The van der Waals surface area contributed by atoms with Crippen LogP contribution >= 0.6 is 0 Å². The number of alkyl carbamates (subject to hydrolysis) is 1. The summed E-state index contributed by atoms with van der Waals surface area (Å²) >= 11 is 0. The van der Waals surface area contributed by atoms with E-state index >= 15 is 0 Å². The van der Waals surface area contributed by atoms with Crippen LogP contribution in [0.5, 0.6) is 0 Å². The summed E-state index contributed by atoms with van der Waals surface area (Å²) in [5, 5.41) is 23.1. The Morgan fingerprint density at radius 2 is 0.796 bits per heavy atom. The maximum atomic E-state index is 13.1. The van der Waals surface area contributed by atoms with Gasteiger partial charge in [0.1, 0.15) is 39.2 Å². The van der Waals surface area contributed by atoms with E-state index in [0.29, 0.717) is 85.4 Å². The molecule has 6 aliphatic rings. The van der Waals surface area contributed by atoms with E-state index in [2.05, 4.69) is 90.4 Å². The van der Waals surface area contributed by atoms with Crippen LogP contribution in [0.3, 0.4) is 0 Å². The van der Waals surface area contributed by atoms with Crippen molar-refractivity contribution < 1.29 is 76.4 Å². The number of aromatic nitrogens is 12. The standard InChI is InChI=1S/C21H26N6O5.C19H24N6O3.C14H19N3O4.C9H11N3O2.CO2/c1-20(2,3)32-19(30)27-8-5-14-13(11-27)15(26-25-14)16(28)24-21(6-7-21)18-22-9-12(10-23-18)17(29)31-4;1-18(2,3)28-17(27)25-10-5-13-12(11-25)14(24-23-13)15(26)22-19(6-7-19)16-20-8-4-9-21-16;1-13(2,3)21-12(19)17-14(5-6-14)11-15-7-9(8-16-11)10(18)20-4;1-14-7(13)6-4-11-8(12-5-6)9(10)2-3-9;2-1-3/h9-10H,5-8,11H2,1-4H3,(H,24,28)(H,25,26);4,8-9H,5-7,10-11H2,1-3H3,(H,22,26)(H,23,24);7-8H,5-6H2,1-4H3,(H,17,19);4-5H,2-3,10H2,1H3;. The van der Waals surface area contributed by atoms with Crippen molar-refractivity contribution in [2.45, 2.75) is 179 Å². The Labute approximate surface area is 562 Å². The first-order valence-corrected chi connectivity index (χ1v) is 31.2. The van der Waals surface area contributed by atoms with E-state index in [-0.39, 0.29) is 53.0 Å². The van der Waals surface area contributed by atoms with Crippen LogP contribution in [0.1, 0.15) is 212 Å². The van der Waals surface area contributed by atoms with Crippen LogP contribution in [0.15, 0.2) is 55.6 Å². The Morgan fingerprint density at radius 3 is 1.10 bits per heavy atom. The van der Waals surface area contributed by atoms with Gasteiger partial charge in [0.2, 0.25) is 0 Å². The van der Waals surface area contributed by atoms with E-state index < -0.39 is 63.5 Å². The molecule has 7 N–H and O–H groups in total. The van der Waals surface area contributed by atoms with E-state index in [1.54, 1.807) is 49.0 Å². The number of aromatic amines is 2. The largest absolute Gasteiger partial charge is 0.465 e. The highest BCUT2D eigenvalue weighted by molar-refractivity contribution is 5.96. The van der Waals surface area contributed by atoms with Crippen LogP contribution in [0.2, 0.25) is 0 Å². The first-order chi connectivity index (χ1) is 46.2. The molecule has 2 aliphatic heterocycles. The molecule has 522 valence electrons. The van der Waals surface area contributed by atoms with Crippen LogP contribution in [0, 0.1) is 0 Å². The zero-order valence-electron chi connectivity index (χ0n) is 56.6. The third-order valence-corrected chi connectivity index (χ3v) is 15.6. The Kier molecular flexibility index (Phi) is 22.1. The van der Waals surface area contributed by atoms with E-state index in [4.69, 9.17) is 29.5 Å². The molecule has 0 unspecified atom stereocenters. The highest BCUT2D eigenvalue weighted by atomic mass is 16.6. The molecule has 5 amide bonds. The number of methoxy groups -OCH3 is 3. The minimum absolute atomic E-state index is 0.237. The number of nitrogens with two attached hydrogens (primary N) is 1. The van der Waals surface area contributed by atoms with Gasteiger partial charge in [0, 0.05) is 98.0 Å². The van der Waals surface area contributed by atoms with Gasteiger partial charge in [-0.3, -0.25) is 19.8 Å². The van der Waals surface area contributed by atoms with Gasteiger partial charge in [-0.25, -0.2) is 68.6 Å². The Morgan fingerprint density at radius 1 is 0.480 bits per heavy atom. The van der Waals surface area contributed by atoms with Gasteiger partial charge in [-0.15, -0.1) is 0 Å². The zero-order valence-corrected chi connectivity index (χ0v) is 56.6. The van der Waals surface area contributed by atoms with E-state index in [1.165, 1.54) is 58.5 Å². The summed E-state index contributed by atoms with van der Waals surface area (Å²) in [4.78, 5) is 150. The van der Waals surface area contributed by atoms with Gasteiger partial charge >= 0.3 is 42.3 Å². The summed E-state index contributed by atoms with van der Waals surface area (Å²) in [6.07, 6.45) is 18.1. The molecule has 4 aliphatic carbocycles. The molecule has 0 aromatic carbocycles. The number of ether oxygens (including phenoxy) is 6. The summed E-state index contributed by atoms with van der Waals surface area (Å²) < 4.78 is 29.9. The molecule has 0 saturated heterocycles. The van der Waals surface area contributed by atoms with Gasteiger partial charge in [0.15, 0.2) is 28.9 Å². The van der Waals surface area contributed by atoms with Crippen molar-refractivity contribution >= 4 is 54.2 Å². The Bertz CT molecular complexity index is 3910. The van der Waals surface area contributed by atoms with E-state index in [9.17, 15) is 38.4 Å². The average molecular weight is 1360 g/mol. The van der Waals surface area contributed by atoms with Crippen molar-refractivity contribution in [3.05, 3.63) is 130 Å². The summed E-state index contributed by atoms with van der Waals surface area (Å²) in [6, 6.07) is 1.75. The van der Waals surface area contributed by atoms with Crippen molar-refractivity contribution in [2.24, 2.45) is 5.73 Å². The Hall–Kier alpha value is -10.8. The minimum atomic E-state index is -0.697. The minimum Gasteiger partial charge on any atom is -0.465 e. The van der Waals surface area contributed by atoms with Gasteiger partial charge in [-0.05, 0) is 120 Å². The topological polar surface area (TPSA) is 455 Å². The Balaban J connectivity index is 0.000000170. The number of nitrogens with zero attached hydrogens (tertiary/aromatic N) is 12. The molecule has 4 saturated carbocycles. The summed E-state index contributed by atoms with van der Waals surface area (Å²) in [5.41, 5.74) is 6.53. The number of carbonyl (C=O) groups is 8. The first-order valence-electron chi connectivity index (χ1n) is 31.2. The normalized spacial score (nSPS) is 16.5. The quantitative estimate of drug-likeness (QED) is 0.0692. The first kappa shape index (κ1) is 73.1. The lowest BCUT2D eigenvalue weighted by molar-refractivity contribution is -0.191. The molecule has 34 nitrogen and oxygen atoms in total. The van der Waals surface area contributed by atoms with Gasteiger partial charge < -0.3 is 59.9 Å². The lowest BCUT2D eigenvalue weighted by Gasteiger charge is -2.30. The number of esters is 3. The fraction of sp³-hybridized carbons (Fsp3) is 0.516. The second-order valence-electron chi connectivity index (χ2n) is 26.8. The van der Waals surface area contributed by atoms with Crippen molar-refractivity contribution in [1.82, 2.24) is 86.0 Å². The molecule has 98 heavy (non-hydrogen) atoms. The number of hydrogen-bond donors (Lipinski definition) is 6. The predicted octanol–water partition coefficient (Wildman–Crippen LogP) is 5.02. The monoisotopic (exact) mass is 1360 g/mol. The average Bonchev–Trinajstić information content (AvgIpc) is 1.59. The number of hydrogen-bond acceptors (Lipinski definition) is 27. The number of nitrogens with one attached hydrogen (secondary N) is 5. The highest BCUT2D eigenvalue weighted by Crippen LogP contribution is 2.46. The molecule has 0 spiro atoms. The maximum absolute atomic E-state index is 13.1. The summed E-state index contributed by atoms with van der Waals surface area (Å²) in [6.45, 7) is 17.9. The molecular weight excluding hydrogens is 1280 g/mol. The maximum Gasteiger partial charge on any atom is 0.410 e. The highest BCUT2D eigenvalue weighted by Gasteiger charge is 2.52. The van der Waals surface area contributed by atoms with Crippen molar-refractivity contribution in [3.63, 3.8) is 0 Å². The molecule has 12 rings (SSSR count). The van der Waals surface area contributed by atoms with Crippen LogP contribution in [0.25, 0.3) is 0 Å². The summed E-state index contributed by atoms with van der Waals surface area (Å²) in [5.74, 6) is 0.0146. The fourth-order valence-electron chi connectivity index (χ4n) is 9.88. The second-order valence-corrected chi connectivity index (χ2v) is 26.8. The second kappa shape index (κ2) is 29.7. The van der Waals surface area contributed by atoms with Crippen LogP contribution in [-0.2, 0) is 86.1 Å². The number of amides is 5. The number of fused-ring (bicyclic) bond motifs is 2. The molecule has 4 fully saturated rings. The molecule has 0 radical (unpaired) electrons. The van der Waals surface area contributed by atoms with Crippen molar-refractivity contribution in [2.75, 3.05) is 34.4 Å². The van der Waals surface area contributed by atoms with Gasteiger partial charge in [0.25, 0.3) is 11.8 Å². The molecule has 0 atom stereocenters. The molecule has 6 aromatic heterocycles. The van der Waals surface area contributed by atoms with Crippen LogP contribution < -0.4 is 21.7 Å². The lowest BCUT2D eigenvalue weighted by Crippen LogP contribution is -2.41. The SMILES string of the molecule is CC(C)(C)OC(=O)N1CCc2[nH]nc(C(=O)NC3(c4ncccn4)CC3)c2C1.COC(=O)c1cnc(C2(N)CC2)nc1.COC(=O)c1cnc(C2(NC(=O)OC(C)(C)C)CC2)nc1.COC(=O)c1cnc(C2(NC(=O)c3n[nH]c4c3CN(C(=O)OC(C)(C)C)CC4)CC2)nc1.O=C=O. The third kappa shape index (κ3) is 18.8. The van der Waals surface area contributed by atoms with Gasteiger partial charge in [0.05, 0.1) is 56.6 Å². The fourth-order valence-corrected chi connectivity index (χ4v) is 9.88. The number of rotatable bonds is 12. The smallest absolute Gasteiger partial charge is 0.410 e. The molecule has 0 bridgehead atoms. The molecule has 34 heteroatoms. The van der Waals surface area contributed by atoms with E-state index in [0.717, 1.165) is 55.5 Å². The van der Waals surface area contributed by atoms with Gasteiger partial charge in [-0.1, -0.05) is 0 Å². The van der Waals surface area contributed by atoms with E-state index in [1.807, 2.05) is 41.5 Å². The number of H-pyrrole nitrogens is 2. The lowest BCUT2D eigenvalue weighted by atomic mass is 10.0. The van der Waals surface area contributed by atoms with Crippen molar-refractivity contribution in [3.8, 4) is 0 Å².